The van der Waals surface area contributed by atoms with E-state index >= 15 is 0 Å². The Kier molecular flexibility index (Phi) is 4.65. The average molecular weight is 226 g/mol. The number of aromatic hydroxyl groups is 1. The second-order valence-corrected chi connectivity index (χ2v) is 4.20. The molecule has 0 bridgehead atoms. The average Bonchev–Trinajstić information content (AvgIpc) is 2.47. The van der Waals surface area contributed by atoms with Crippen molar-refractivity contribution in [1.29, 1.82) is 0 Å². The highest BCUT2D eigenvalue weighted by molar-refractivity contribution is 5.18. The third-order valence-corrected chi connectivity index (χ3v) is 2.92. The number of nitrogens with zero attached hydrogens (tertiary/aromatic N) is 2. The van der Waals surface area contributed by atoms with Gasteiger partial charge >= 0.3 is 5.69 Å². The van der Waals surface area contributed by atoms with Gasteiger partial charge in [-0.3, -0.25) is 9.13 Å². The van der Waals surface area contributed by atoms with Crippen LogP contribution in [-0.4, -0.2) is 14.2 Å². The standard InChI is InChI=1S/C12H22N2O2/c1-4-6-8-13-10(3)11(15)14(12(13)16)9-7-5-2/h15H,4-9H2,1-3H3. The van der Waals surface area contributed by atoms with E-state index in [0.29, 0.717) is 18.8 Å². The fourth-order valence-corrected chi connectivity index (χ4v) is 1.79. The van der Waals surface area contributed by atoms with Crippen LogP contribution in [0.3, 0.4) is 0 Å². The van der Waals surface area contributed by atoms with E-state index in [1.54, 1.807) is 11.5 Å². The largest absolute Gasteiger partial charge is 0.493 e. The molecule has 0 saturated carbocycles. The lowest BCUT2D eigenvalue weighted by atomic mass is 10.3. The van der Waals surface area contributed by atoms with E-state index in [1.165, 1.54) is 4.57 Å². The number of unbranched alkanes of at least 4 members (excludes halogenated alkanes) is 2. The Morgan fingerprint density at radius 3 is 2.06 bits per heavy atom. The van der Waals surface area contributed by atoms with Crippen molar-refractivity contribution in [2.24, 2.45) is 0 Å². The lowest BCUT2D eigenvalue weighted by Crippen LogP contribution is -2.25. The lowest BCUT2D eigenvalue weighted by Gasteiger charge is -2.01. The summed E-state index contributed by atoms with van der Waals surface area (Å²) in [4.78, 5) is 12.0. The Labute approximate surface area is 96.5 Å². The molecule has 0 amide bonds. The summed E-state index contributed by atoms with van der Waals surface area (Å²) in [6, 6.07) is 0. The first kappa shape index (κ1) is 12.9. The molecule has 4 heteroatoms. The fraction of sp³-hybridized carbons (Fsp3) is 0.750. The van der Waals surface area contributed by atoms with Gasteiger partial charge in [0.25, 0.3) is 0 Å². The van der Waals surface area contributed by atoms with Crippen molar-refractivity contribution in [2.75, 3.05) is 0 Å². The maximum absolute atomic E-state index is 12.0. The van der Waals surface area contributed by atoms with Crippen LogP contribution >= 0.6 is 0 Å². The molecule has 0 aliphatic carbocycles. The SMILES string of the molecule is CCCCn1c(C)c(O)n(CCCC)c1=O. The monoisotopic (exact) mass is 226 g/mol. The second-order valence-electron chi connectivity index (χ2n) is 4.20. The lowest BCUT2D eigenvalue weighted by molar-refractivity contribution is 0.405. The van der Waals surface area contributed by atoms with Crippen LogP contribution < -0.4 is 5.69 Å². The predicted molar refractivity (Wildman–Crippen MR) is 64.9 cm³/mol. The van der Waals surface area contributed by atoms with Crippen LogP contribution in [0, 0.1) is 6.92 Å². The van der Waals surface area contributed by atoms with E-state index < -0.39 is 0 Å². The molecule has 92 valence electrons. The molecule has 4 nitrogen and oxygen atoms in total. The van der Waals surface area contributed by atoms with Crippen molar-refractivity contribution >= 4 is 0 Å². The molecule has 1 aromatic rings. The summed E-state index contributed by atoms with van der Waals surface area (Å²) in [6.45, 7) is 7.28. The minimum atomic E-state index is -0.0723. The molecule has 0 radical (unpaired) electrons. The zero-order chi connectivity index (χ0) is 12.1. The Balaban J connectivity index is 2.97. The van der Waals surface area contributed by atoms with E-state index in [0.717, 1.165) is 25.7 Å². The van der Waals surface area contributed by atoms with E-state index in [-0.39, 0.29) is 11.6 Å². The Morgan fingerprint density at radius 2 is 1.56 bits per heavy atom. The molecule has 0 unspecified atom stereocenters. The highest BCUT2D eigenvalue weighted by atomic mass is 16.3. The molecule has 0 saturated heterocycles. The number of aromatic nitrogens is 2. The van der Waals surface area contributed by atoms with Crippen LogP contribution in [0.15, 0.2) is 4.79 Å². The van der Waals surface area contributed by atoms with Gasteiger partial charge in [-0.2, -0.15) is 0 Å². The molecular weight excluding hydrogens is 204 g/mol. The number of rotatable bonds is 6. The van der Waals surface area contributed by atoms with Gasteiger partial charge in [-0.05, 0) is 19.8 Å². The molecule has 0 aliphatic heterocycles. The van der Waals surface area contributed by atoms with Crippen LogP contribution in [0.4, 0.5) is 0 Å². The summed E-state index contributed by atoms with van der Waals surface area (Å²) in [5.74, 6) is 0.134. The Bertz CT molecular complexity index is 356. The third kappa shape index (κ3) is 2.49. The van der Waals surface area contributed by atoms with Gasteiger partial charge in [0.2, 0.25) is 5.88 Å². The third-order valence-electron chi connectivity index (χ3n) is 2.92. The first-order valence-corrected chi connectivity index (χ1v) is 6.12. The van der Waals surface area contributed by atoms with Crippen molar-refractivity contribution in [2.45, 2.75) is 59.5 Å². The van der Waals surface area contributed by atoms with Crippen molar-refractivity contribution in [3.8, 4) is 5.88 Å². The van der Waals surface area contributed by atoms with Crippen LogP contribution in [0.2, 0.25) is 0 Å². The van der Waals surface area contributed by atoms with E-state index in [2.05, 4.69) is 13.8 Å². The zero-order valence-electron chi connectivity index (χ0n) is 10.5. The van der Waals surface area contributed by atoms with Crippen molar-refractivity contribution in [3.63, 3.8) is 0 Å². The molecule has 0 fully saturated rings. The van der Waals surface area contributed by atoms with Crippen molar-refractivity contribution in [1.82, 2.24) is 9.13 Å². The zero-order valence-corrected chi connectivity index (χ0v) is 10.5. The van der Waals surface area contributed by atoms with Gasteiger partial charge in [-0.1, -0.05) is 26.7 Å². The van der Waals surface area contributed by atoms with Gasteiger partial charge < -0.3 is 5.11 Å². The molecule has 0 spiro atoms. The molecule has 0 atom stereocenters. The first-order valence-electron chi connectivity index (χ1n) is 6.12. The summed E-state index contributed by atoms with van der Waals surface area (Å²) in [7, 11) is 0. The summed E-state index contributed by atoms with van der Waals surface area (Å²) in [6.07, 6.45) is 3.96. The van der Waals surface area contributed by atoms with Crippen LogP contribution in [0.25, 0.3) is 0 Å². The van der Waals surface area contributed by atoms with Gasteiger partial charge in [-0.15, -0.1) is 0 Å². The second kappa shape index (κ2) is 5.77. The van der Waals surface area contributed by atoms with Crippen molar-refractivity contribution < 1.29 is 5.11 Å². The fourth-order valence-electron chi connectivity index (χ4n) is 1.79. The molecule has 1 rings (SSSR count). The maximum atomic E-state index is 12.0. The molecule has 1 heterocycles. The summed E-state index contributed by atoms with van der Waals surface area (Å²) >= 11 is 0. The molecule has 0 aromatic carbocycles. The highest BCUT2D eigenvalue weighted by Gasteiger charge is 2.14. The number of hydrogen-bond acceptors (Lipinski definition) is 2. The van der Waals surface area contributed by atoms with E-state index in [1.807, 2.05) is 0 Å². The van der Waals surface area contributed by atoms with Crippen LogP contribution in [0.1, 0.15) is 45.2 Å². The smallest absolute Gasteiger partial charge is 0.331 e. The maximum Gasteiger partial charge on any atom is 0.331 e. The van der Waals surface area contributed by atoms with Crippen LogP contribution in [-0.2, 0) is 13.1 Å². The Hall–Kier alpha value is -1.19. The summed E-state index contributed by atoms with van der Waals surface area (Å²) < 4.78 is 3.16. The van der Waals surface area contributed by atoms with Crippen LogP contribution in [0.5, 0.6) is 5.88 Å². The van der Waals surface area contributed by atoms with Gasteiger partial charge in [0.05, 0.1) is 5.69 Å². The summed E-state index contributed by atoms with van der Waals surface area (Å²) in [5.41, 5.74) is 0.617. The minimum Gasteiger partial charge on any atom is -0.493 e. The van der Waals surface area contributed by atoms with Gasteiger partial charge in [0.1, 0.15) is 0 Å². The van der Waals surface area contributed by atoms with Gasteiger partial charge in [0, 0.05) is 13.1 Å². The quantitative estimate of drug-likeness (QED) is 0.808. The number of hydrogen-bond donors (Lipinski definition) is 1. The first-order chi connectivity index (χ1) is 7.63. The molecule has 16 heavy (non-hydrogen) atoms. The van der Waals surface area contributed by atoms with Gasteiger partial charge in [0.15, 0.2) is 0 Å². The van der Waals surface area contributed by atoms with Gasteiger partial charge in [-0.25, -0.2) is 4.79 Å². The molecular formula is C12H22N2O2. The Morgan fingerprint density at radius 1 is 1.06 bits per heavy atom. The number of imidazole rings is 1. The van der Waals surface area contributed by atoms with E-state index in [4.69, 9.17) is 0 Å². The molecule has 0 aliphatic rings. The normalized spacial score (nSPS) is 10.9. The summed E-state index contributed by atoms with van der Waals surface area (Å²) in [5, 5.41) is 9.87. The van der Waals surface area contributed by atoms with E-state index in [9.17, 15) is 9.90 Å². The topological polar surface area (TPSA) is 47.2 Å². The molecule has 1 aromatic heterocycles. The molecule has 1 N–H and O–H groups in total. The highest BCUT2D eigenvalue weighted by Crippen LogP contribution is 2.15. The van der Waals surface area contributed by atoms with Crippen molar-refractivity contribution in [3.05, 3.63) is 16.2 Å². The minimum absolute atomic E-state index is 0.0723. The predicted octanol–water partition coefficient (Wildman–Crippen LogP) is 2.26.